The normalized spacial score (nSPS) is 11.9. The summed E-state index contributed by atoms with van der Waals surface area (Å²) >= 11 is 0. The van der Waals surface area contributed by atoms with Gasteiger partial charge in [-0.1, -0.05) is 130 Å². The lowest BCUT2D eigenvalue weighted by Crippen LogP contribution is -2.27. The molecule has 1 atom stereocenters. The van der Waals surface area contributed by atoms with E-state index in [1.165, 1.54) is 76.3 Å². The molecular formula is C46H48O2P2. The third-order valence-corrected chi connectivity index (χ3v) is 14.2. The Morgan fingerprint density at radius 2 is 0.720 bits per heavy atom. The maximum Gasteiger partial charge on any atom is 0.127 e. The van der Waals surface area contributed by atoms with Crippen LogP contribution < -0.4 is 41.3 Å². The molecule has 0 saturated heterocycles. The average molecular weight is 695 g/mol. The highest BCUT2D eigenvalue weighted by Gasteiger charge is 2.30. The van der Waals surface area contributed by atoms with Gasteiger partial charge in [-0.3, -0.25) is 0 Å². The first-order chi connectivity index (χ1) is 24.0. The van der Waals surface area contributed by atoms with E-state index in [1.54, 1.807) is 14.2 Å². The number of ether oxygens (including phenoxy) is 2. The molecule has 1 unspecified atom stereocenters. The second-order valence-corrected chi connectivity index (χ2v) is 18.1. The molecule has 6 aromatic rings. The molecule has 0 radical (unpaired) electrons. The van der Waals surface area contributed by atoms with Crippen LogP contribution in [0.4, 0.5) is 0 Å². The lowest BCUT2D eigenvalue weighted by Gasteiger charge is -2.29. The zero-order valence-corrected chi connectivity index (χ0v) is 32.9. The van der Waals surface area contributed by atoms with Crippen LogP contribution in [0.25, 0.3) is 11.1 Å². The number of aryl methyl sites for hydroxylation is 8. The van der Waals surface area contributed by atoms with Crippen LogP contribution in [-0.2, 0) is 0 Å². The van der Waals surface area contributed by atoms with Gasteiger partial charge in [-0.2, -0.15) is 0 Å². The van der Waals surface area contributed by atoms with Gasteiger partial charge >= 0.3 is 0 Å². The molecule has 0 amide bonds. The van der Waals surface area contributed by atoms with Crippen molar-refractivity contribution >= 4 is 47.7 Å². The molecule has 0 aromatic heterocycles. The maximum atomic E-state index is 6.34. The highest BCUT2D eigenvalue weighted by Crippen LogP contribution is 2.47. The molecule has 2 nitrogen and oxygen atoms in total. The van der Waals surface area contributed by atoms with Gasteiger partial charge in [0.2, 0.25) is 0 Å². The van der Waals surface area contributed by atoms with Gasteiger partial charge in [-0.05, 0) is 126 Å². The molecule has 0 aliphatic carbocycles. The molecule has 0 N–H and O–H groups in total. The first-order valence-electron chi connectivity index (χ1n) is 17.2. The lowest BCUT2D eigenvalue weighted by molar-refractivity contribution is 0.411. The van der Waals surface area contributed by atoms with Crippen molar-refractivity contribution in [1.29, 1.82) is 0 Å². The van der Waals surface area contributed by atoms with Crippen molar-refractivity contribution in [2.75, 3.05) is 14.2 Å². The Morgan fingerprint density at radius 3 is 1.06 bits per heavy atom. The molecule has 0 spiro atoms. The summed E-state index contributed by atoms with van der Waals surface area (Å²) in [6, 6.07) is 41.2. The van der Waals surface area contributed by atoms with Crippen molar-refractivity contribution in [2.24, 2.45) is 0 Å². The van der Waals surface area contributed by atoms with Crippen LogP contribution >= 0.6 is 15.8 Å². The molecule has 0 heterocycles. The minimum atomic E-state index is -0.983. The number of methoxy groups -OCH3 is 2. The van der Waals surface area contributed by atoms with Crippen LogP contribution in [0, 0.1) is 55.4 Å². The molecule has 254 valence electrons. The van der Waals surface area contributed by atoms with Crippen molar-refractivity contribution in [3.63, 3.8) is 0 Å². The van der Waals surface area contributed by atoms with Gasteiger partial charge in [0.05, 0.1) is 14.2 Å². The Kier molecular flexibility index (Phi) is 10.6. The van der Waals surface area contributed by atoms with Crippen LogP contribution in [0.2, 0.25) is 0 Å². The van der Waals surface area contributed by atoms with Crippen LogP contribution in [0.15, 0.2) is 109 Å². The van der Waals surface area contributed by atoms with Crippen LogP contribution in [-0.4, -0.2) is 14.2 Å². The van der Waals surface area contributed by atoms with Crippen molar-refractivity contribution in [3.8, 4) is 22.6 Å². The lowest BCUT2D eigenvalue weighted by atomic mass is 10.0. The van der Waals surface area contributed by atoms with Crippen LogP contribution in [0.1, 0.15) is 44.5 Å². The van der Waals surface area contributed by atoms with Gasteiger partial charge < -0.3 is 9.47 Å². The third-order valence-electron chi connectivity index (χ3n) is 9.32. The average Bonchev–Trinajstić information content (AvgIpc) is 3.05. The predicted molar refractivity (Wildman–Crippen MR) is 220 cm³/mol. The summed E-state index contributed by atoms with van der Waals surface area (Å²) in [5.74, 6) is 1.70. The Morgan fingerprint density at radius 1 is 0.360 bits per heavy atom. The first kappa shape index (κ1) is 35.6. The van der Waals surface area contributed by atoms with E-state index >= 15 is 0 Å². The molecule has 0 aliphatic rings. The van der Waals surface area contributed by atoms with Gasteiger partial charge in [-0.15, -0.1) is 0 Å². The van der Waals surface area contributed by atoms with E-state index in [9.17, 15) is 0 Å². The van der Waals surface area contributed by atoms with Crippen molar-refractivity contribution in [2.45, 2.75) is 55.4 Å². The van der Waals surface area contributed by atoms with Crippen molar-refractivity contribution in [1.82, 2.24) is 0 Å². The molecule has 4 heteroatoms. The molecule has 0 aliphatic heterocycles. The van der Waals surface area contributed by atoms with E-state index in [4.69, 9.17) is 9.47 Å². The van der Waals surface area contributed by atoms with Crippen LogP contribution in [0.3, 0.4) is 0 Å². The third kappa shape index (κ3) is 7.30. The quantitative estimate of drug-likeness (QED) is 0.141. The minimum absolute atomic E-state index is 0.852. The first-order valence-corrected chi connectivity index (χ1v) is 19.9. The fourth-order valence-corrected chi connectivity index (χ4v) is 12.8. The monoisotopic (exact) mass is 694 g/mol. The summed E-state index contributed by atoms with van der Waals surface area (Å²) in [6.45, 7) is 17.6. The zero-order chi connectivity index (χ0) is 35.7. The Hall–Kier alpha value is -4.22. The summed E-state index contributed by atoms with van der Waals surface area (Å²) in [5.41, 5.74) is 12.4. The summed E-state index contributed by atoms with van der Waals surface area (Å²) in [6.07, 6.45) is 0. The fourth-order valence-electron chi connectivity index (χ4n) is 7.21. The summed E-state index contributed by atoms with van der Waals surface area (Å²) in [4.78, 5) is 0. The SMILES string of the molecule is COc1cccc(P(c2cc(C)cc(C)c2)c2cc(C)cc(C)c2)c1-c1c(OC)cccc1P(c1cc(C)cc(C)c1)c1ccc(C)c(C)c1. The number of hydrogen-bond acceptors (Lipinski definition) is 2. The molecule has 50 heavy (non-hydrogen) atoms. The van der Waals surface area contributed by atoms with E-state index < -0.39 is 15.8 Å². The second-order valence-electron chi connectivity index (χ2n) is 13.7. The fraction of sp³-hybridized carbons (Fsp3) is 0.217. The van der Waals surface area contributed by atoms with Gasteiger partial charge in [0, 0.05) is 11.1 Å². The largest absolute Gasteiger partial charge is 0.496 e. The standard InChI is InChI=1S/C46H48O2P2/c1-29-19-30(2)23-38(22-29)49(37-18-17-35(7)36(8)28-37)43-15-11-13-41(47-9)45(43)46-42(48-10)14-12-16-44(46)50(39-24-31(3)20-32(4)25-39)40-26-33(5)21-34(6)27-40/h11-28H,1-10H3. The van der Waals surface area contributed by atoms with Gasteiger partial charge in [0.1, 0.15) is 11.5 Å². The van der Waals surface area contributed by atoms with E-state index in [1.807, 2.05) is 0 Å². The molecule has 0 bridgehead atoms. The number of benzene rings is 6. The topological polar surface area (TPSA) is 18.5 Å². The Bertz CT molecular complexity index is 2090. The van der Waals surface area contributed by atoms with Crippen molar-refractivity contribution < 1.29 is 9.47 Å². The van der Waals surface area contributed by atoms with Crippen LogP contribution in [0.5, 0.6) is 11.5 Å². The second kappa shape index (κ2) is 14.9. The van der Waals surface area contributed by atoms with E-state index in [2.05, 4.69) is 165 Å². The summed E-state index contributed by atoms with van der Waals surface area (Å²) in [5, 5.41) is 7.84. The molecule has 6 rings (SSSR count). The zero-order valence-electron chi connectivity index (χ0n) is 31.1. The Labute approximate surface area is 302 Å². The summed E-state index contributed by atoms with van der Waals surface area (Å²) in [7, 11) is 1.63. The molecule has 6 aromatic carbocycles. The van der Waals surface area contributed by atoms with E-state index in [-0.39, 0.29) is 0 Å². The smallest absolute Gasteiger partial charge is 0.127 e. The van der Waals surface area contributed by atoms with E-state index in [0.29, 0.717) is 0 Å². The van der Waals surface area contributed by atoms with Crippen molar-refractivity contribution in [3.05, 3.63) is 154 Å². The molecular weight excluding hydrogens is 646 g/mol. The Balaban J connectivity index is 1.74. The molecule has 0 saturated carbocycles. The number of rotatable bonds is 9. The number of hydrogen-bond donors (Lipinski definition) is 0. The predicted octanol–water partition coefficient (Wildman–Crippen LogP) is 9.35. The van der Waals surface area contributed by atoms with Gasteiger partial charge in [0.25, 0.3) is 0 Å². The summed E-state index contributed by atoms with van der Waals surface area (Å²) < 4.78 is 12.7. The highest BCUT2D eigenvalue weighted by molar-refractivity contribution is 7.80. The van der Waals surface area contributed by atoms with Gasteiger partial charge in [0.15, 0.2) is 0 Å². The highest BCUT2D eigenvalue weighted by atomic mass is 31.1. The minimum Gasteiger partial charge on any atom is -0.496 e. The van der Waals surface area contributed by atoms with Gasteiger partial charge in [-0.25, -0.2) is 0 Å². The molecule has 0 fully saturated rings. The van der Waals surface area contributed by atoms with E-state index in [0.717, 1.165) is 22.6 Å². The maximum absolute atomic E-state index is 6.34.